The maximum absolute atomic E-state index is 12.0. The van der Waals surface area contributed by atoms with Crippen LogP contribution in [0.2, 0.25) is 10.0 Å². The Balaban J connectivity index is 1.77. The van der Waals surface area contributed by atoms with Crippen molar-refractivity contribution in [2.45, 2.75) is 12.8 Å². The van der Waals surface area contributed by atoms with Crippen molar-refractivity contribution < 1.29 is 9.53 Å². The van der Waals surface area contributed by atoms with Gasteiger partial charge in [0.1, 0.15) is 5.75 Å². The Hall–Kier alpha value is -0.970. The van der Waals surface area contributed by atoms with Crippen LogP contribution in [-0.2, 0) is 4.79 Å². The maximum atomic E-state index is 12.0. The molecular formula is C14H18Cl2N2O2. The molecule has 0 spiro atoms. The largest absolute Gasteiger partial charge is 0.491 e. The van der Waals surface area contributed by atoms with Gasteiger partial charge >= 0.3 is 0 Å². The molecule has 0 aromatic heterocycles. The summed E-state index contributed by atoms with van der Waals surface area (Å²) in [7, 11) is 0. The lowest BCUT2D eigenvalue weighted by molar-refractivity contribution is -0.130. The van der Waals surface area contributed by atoms with Gasteiger partial charge in [0.05, 0.1) is 18.1 Å². The van der Waals surface area contributed by atoms with Crippen LogP contribution in [0.1, 0.15) is 12.8 Å². The Morgan fingerprint density at radius 3 is 2.90 bits per heavy atom. The predicted octanol–water partition coefficient (Wildman–Crippen LogP) is 2.57. The molecule has 1 aliphatic rings. The van der Waals surface area contributed by atoms with Crippen molar-refractivity contribution in [3.8, 4) is 5.75 Å². The van der Waals surface area contributed by atoms with Crippen LogP contribution in [0.3, 0.4) is 0 Å². The number of hydrogen-bond acceptors (Lipinski definition) is 3. The van der Waals surface area contributed by atoms with Gasteiger partial charge in [-0.2, -0.15) is 0 Å². The van der Waals surface area contributed by atoms with Gasteiger partial charge in [-0.1, -0.05) is 23.2 Å². The van der Waals surface area contributed by atoms with E-state index in [4.69, 9.17) is 33.7 Å². The van der Waals surface area contributed by atoms with Gasteiger partial charge in [0.15, 0.2) is 0 Å². The summed E-state index contributed by atoms with van der Waals surface area (Å²) < 4.78 is 5.51. The number of benzene rings is 1. The molecule has 1 atom stereocenters. The summed E-state index contributed by atoms with van der Waals surface area (Å²) in [5.74, 6) is 1.08. The van der Waals surface area contributed by atoms with Gasteiger partial charge < -0.3 is 15.4 Å². The highest BCUT2D eigenvalue weighted by molar-refractivity contribution is 6.35. The fourth-order valence-electron chi connectivity index (χ4n) is 2.25. The molecule has 1 amide bonds. The van der Waals surface area contributed by atoms with Gasteiger partial charge in [-0.05, 0) is 37.1 Å². The van der Waals surface area contributed by atoms with E-state index < -0.39 is 0 Å². The van der Waals surface area contributed by atoms with Crippen molar-refractivity contribution in [3.63, 3.8) is 0 Å². The molecule has 1 fully saturated rings. The van der Waals surface area contributed by atoms with Gasteiger partial charge in [0.2, 0.25) is 5.91 Å². The first-order valence-electron chi connectivity index (χ1n) is 6.66. The maximum Gasteiger partial charge on any atom is 0.226 e. The highest BCUT2D eigenvalue weighted by atomic mass is 35.5. The van der Waals surface area contributed by atoms with E-state index in [1.54, 1.807) is 18.2 Å². The molecule has 0 bridgehead atoms. The Morgan fingerprint density at radius 1 is 1.45 bits per heavy atom. The predicted molar refractivity (Wildman–Crippen MR) is 80.3 cm³/mol. The molecule has 1 saturated heterocycles. The zero-order chi connectivity index (χ0) is 14.5. The highest BCUT2D eigenvalue weighted by Crippen LogP contribution is 2.27. The van der Waals surface area contributed by atoms with E-state index in [1.165, 1.54) is 0 Å². The van der Waals surface area contributed by atoms with E-state index in [0.717, 1.165) is 19.5 Å². The molecule has 0 radical (unpaired) electrons. The zero-order valence-corrected chi connectivity index (χ0v) is 12.7. The lowest BCUT2D eigenvalue weighted by Crippen LogP contribution is -2.30. The molecule has 0 unspecified atom stereocenters. The molecule has 4 nitrogen and oxygen atoms in total. The molecule has 1 heterocycles. The van der Waals surface area contributed by atoms with Crippen LogP contribution in [0, 0.1) is 5.92 Å². The van der Waals surface area contributed by atoms with Crippen molar-refractivity contribution in [2.75, 3.05) is 26.2 Å². The molecule has 1 aromatic rings. The average Bonchev–Trinajstić information content (AvgIpc) is 2.90. The fourth-order valence-corrected chi connectivity index (χ4v) is 2.71. The lowest BCUT2D eigenvalue weighted by Gasteiger charge is -2.16. The highest BCUT2D eigenvalue weighted by Gasteiger charge is 2.24. The first-order valence-corrected chi connectivity index (χ1v) is 7.41. The van der Waals surface area contributed by atoms with Crippen molar-refractivity contribution in [1.29, 1.82) is 0 Å². The van der Waals surface area contributed by atoms with Gasteiger partial charge in [0, 0.05) is 18.1 Å². The average molecular weight is 317 g/mol. The summed E-state index contributed by atoms with van der Waals surface area (Å²) in [5.41, 5.74) is 5.61. The summed E-state index contributed by atoms with van der Waals surface area (Å²) in [6.07, 6.45) is 1.34. The molecule has 110 valence electrons. The number of rotatable bonds is 5. The van der Waals surface area contributed by atoms with Gasteiger partial charge in [-0.3, -0.25) is 4.79 Å². The molecule has 1 aromatic carbocycles. The summed E-state index contributed by atoms with van der Waals surface area (Å²) in [5, 5.41) is 1.01. The smallest absolute Gasteiger partial charge is 0.226 e. The quantitative estimate of drug-likeness (QED) is 0.908. The Kier molecular flexibility index (Phi) is 5.52. The van der Waals surface area contributed by atoms with E-state index in [2.05, 4.69) is 0 Å². The van der Waals surface area contributed by atoms with Crippen LogP contribution in [0.15, 0.2) is 18.2 Å². The van der Waals surface area contributed by atoms with Crippen molar-refractivity contribution >= 4 is 29.1 Å². The number of hydrogen-bond donors (Lipinski definition) is 1. The zero-order valence-electron chi connectivity index (χ0n) is 11.1. The number of carbonyl (C=O) groups excluding carboxylic acids is 1. The third-order valence-corrected chi connectivity index (χ3v) is 3.97. The normalized spacial score (nSPS) is 18.4. The number of nitrogens with two attached hydrogens (primary N) is 1. The summed E-state index contributed by atoms with van der Waals surface area (Å²) >= 11 is 11.8. The van der Waals surface area contributed by atoms with Crippen molar-refractivity contribution in [3.05, 3.63) is 28.2 Å². The fraction of sp³-hybridized carbons (Fsp3) is 0.500. The van der Waals surface area contributed by atoms with E-state index in [-0.39, 0.29) is 5.91 Å². The Bertz CT molecular complexity index is 482. The SMILES string of the molecule is NC[C@H]1CCN(C(=O)CCOc2ccc(Cl)cc2Cl)C1. The minimum Gasteiger partial charge on any atom is -0.491 e. The molecular weight excluding hydrogens is 299 g/mol. The second kappa shape index (κ2) is 7.16. The number of nitrogens with zero attached hydrogens (tertiary/aromatic N) is 1. The van der Waals surface area contributed by atoms with Gasteiger partial charge in [0.25, 0.3) is 0 Å². The third-order valence-electron chi connectivity index (χ3n) is 3.44. The van der Waals surface area contributed by atoms with E-state index in [9.17, 15) is 4.79 Å². The summed E-state index contributed by atoms with van der Waals surface area (Å²) in [4.78, 5) is 13.8. The van der Waals surface area contributed by atoms with Gasteiger partial charge in [-0.15, -0.1) is 0 Å². The van der Waals surface area contributed by atoms with Crippen LogP contribution < -0.4 is 10.5 Å². The van der Waals surface area contributed by atoms with E-state index >= 15 is 0 Å². The van der Waals surface area contributed by atoms with Crippen LogP contribution in [-0.4, -0.2) is 37.0 Å². The molecule has 2 N–H and O–H groups in total. The molecule has 2 rings (SSSR count). The Labute approximate surface area is 128 Å². The third kappa shape index (κ3) is 4.01. The molecule has 0 aliphatic carbocycles. The van der Waals surface area contributed by atoms with Gasteiger partial charge in [-0.25, -0.2) is 0 Å². The molecule has 0 saturated carbocycles. The lowest BCUT2D eigenvalue weighted by atomic mass is 10.1. The second-order valence-electron chi connectivity index (χ2n) is 4.90. The number of amides is 1. The standard InChI is InChI=1S/C14H18Cl2N2O2/c15-11-1-2-13(12(16)7-11)20-6-4-14(19)18-5-3-10(8-17)9-18/h1-2,7,10H,3-6,8-9,17H2/t10-/m1/s1. The number of likely N-dealkylation sites (tertiary alicyclic amines) is 1. The molecule has 6 heteroatoms. The first kappa shape index (κ1) is 15.4. The minimum absolute atomic E-state index is 0.103. The monoisotopic (exact) mass is 316 g/mol. The minimum atomic E-state index is 0.103. The number of ether oxygens (including phenoxy) is 1. The summed E-state index contributed by atoms with van der Waals surface area (Å²) in [6, 6.07) is 5.03. The first-order chi connectivity index (χ1) is 9.60. The number of carbonyl (C=O) groups is 1. The summed E-state index contributed by atoms with van der Waals surface area (Å²) in [6.45, 7) is 2.50. The van der Waals surface area contributed by atoms with Crippen LogP contribution >= 0.6 is 23.2 Å². The van der Waals surface area contributed by atoms with Crippen molar-refractivity contribution in [2.24, 2.45) is 11.7 Å². The van der Waals surface area contributed by atoms with Crippen LogP contribution in [0.25, 0.3) is 0 Å². The number of halogens is 2. The Morgan fingerprint density at radius 2 is 2.25 bits per heavy atom. The van der Waals surface area contributed by atoms with Crippen molar-refractivity contribution in [1.82, 2.24) is 4.90 Å². The second-order valence-corrected chi connectivity index (χ2v) is 5.75. The van der Waals surface area contributed by atoms with E-state index in [0.29, 0.717) is 41.3 Å². The van der Waals surface area contributed by atoms with E-state index in [1.807, 2.05) is 4.90 Å². The topological polar surface area (TPSA) is 55.6 Å². The van der Waals surface area contributed by atoms with Crippen LogP contribution in [0.4, 0.5) is 0 Å². The van der Waals surface area contributed by atoms with Crippen LogP contribution in [0.5, 0.6) is 5.75 Å². The molecule has 20 heavy (non-hydrogen) atoms. The molecule has 1 aliphatic heterocycles.